The SMILES string of the molecule is Cc1ccc(SCC(N)Cc2ccc(Br)cc2Cl)cc1. The number of nitrogens with two attached hydrogens (primary N) is 1. The van der Waals surface area contributed by atoms with Crippen LogP contribution in [0.3, 0.4) is 0 Å². The summed E-state index contributed by atoms with van der Waals surface area (Å²) in [4.78, 5) is 1.26. The molecule has 1 atom stereocenters. The van der Waals surface area contributed by atoms with E-state index >= 15 is 0 Å². The third kappa shape index (κ3) is 4.81. The van der Waals surface area contributed by atoms with E-state index in [1.54, 1.807) is 11.8 Å². The Morgan fingerprint density at radius 2 is 1.90 bits per heavy atom. The van der Waals surface area contributed by atoms with Gasteiger partial charge < -0.3 is 5.73 Å². The standard InChI is InChI=1S/C16H17BrClNS/c1-11-2-6-15(7-3-11)20-10-14(19)8-12-4-5-13(17)9-16(12)18/h2-7,9,14H,8,10,19H2,1H3. The molecule has 0 aliphatic carbocycles. The highest BCUT2D eigenvalue weighted by Crippen LogP contribution is 2.24. The van der Waals surface area contributed by atoms with Crippen molar-refractivity contribution in [1.29, 1.82) is 0 Å². The minimum atomic E-state index is 0.0972. The van der Waals surface area contributed by atoms with E-state index in [2.05, 4.69) is 47.1 Å². The molecule has 0 aromatic heterocycles. The summed E-state index contributed by atoms with van der Waals surface area (Å²) in [5.41, 5.74) is 8.58. The van der Waals surface area contributed by atoms with Crippen molar-refractivity contribution in [1.82, 2.24) is 0 Å². The highest BCUT2D eigenvalue weighted by atomic mass is 79.9. The quantitative estimate of drug-likeness (QED) is 0.743. The van der Waals surface area contributed by atoms with E-state index in [-0.39, 0.29) is 6.04 Å². The predicted molar refractivity (Wildman–Crippen MR) is 92.7 cm³/mol. The third-order valence-electron chi connectivity index (χ3n) is 2.98. The fourth-order valence-electron chi connectivity index (χ4n) is 1.87. The van der Waals surface area contributed by atoms with Crippen LogP contribution >= 0.6 is 39.3 Å². The summed E-state index contributed by atoms with van der Waals surface area (Å²) in [6.45, 7) is 2.09. The fourth-order valence-corrected chi connectivity index (χ4v) is 3.47. The zero-order valence-electron chi connectivity index (χ0n) is 11.3. The molecule has 0 aliphatic rings. The second-order valence-electron chi connectivity index (χ2n) is 4.82. The first-order valence-corrected chi connectivity index (χ1v) is 8.59. The molecule has 0 bridgehead atoms. The molecule has 1 nitrogen and oxygen atoms in total. The summed E-state index contributed by atoms with van der Waals surface area (Å²) in [6.07, 6.45) is 0.797. The van der Waals surface area contributed by atoms with E-state index < -0.39 is 0 Å². The van der Waals surface area contributed by atoms with Gasteiger partial charge in [-0.1, -0.05) is 51.3 Å². The van der Waals surface area contributed by atoms with Crippen LogP contribution in [0.4, 0.5) is 0 Å². The number of halogens is 2. The number of hydrogen-bond acceptors (Lipinski definition) is 2. The third-order valence-corrected chi connectivity index (χ3v) is 5.03. The molecule has 0 saturated carbocycles. The maximum Gasteiger partial charge on any atom is 0.0449 e. The maximum atomic E-state index is 6.22. The number of aryl methyl sites for hydroxylation is 1. The van der Waals surface area contributed by atoms with Crippen LogP contribution in [0, 0.1) is 6.92 Å². The largest absolute Gasteiger partial charge is 0.327 e. The van der Waals surface area contributed by atoms with Crippen LogP contribution in [-0.4, -0.2) is 11.8 Å². The summed E-state index contributed by atoms with van der Waals surface area (Å²) < 4.78 is 0.994. The molecule has 0 spiro atoms. The lowest BCUT2D eigenvalue weighted by Gasteiger charge is -2.13. The minimum Gasteiger partial charge on any atom is -0.327 e. The Hall–Kier alpha value is -0.480. The average Bonchev–Trinajstić information content (AvgIpc) is 2.41. The van der Waals surface area contributed by atoms with Crippen LogP contribution in [-0.2, 0) is 6.42 Å². The smallest absolute Gasteiger partial charge is 0.0449 e. The van der Waals surface area contributed by atoms with Crippen LogP contribution in [0.1, 0.15) is 11.1 Å². The van der Waals surface area contributed by atoms with Crippen LogP contribution in [0.15, 0.2) is 51.8 Å². The van der Waals surface area contributed by atoms with Gasteiger partial charge >= 0.3 is 0 Å². The van der Waals surface area contributed by atoms with Crippen molar-refractivity contribution in [3.05, 3.63) is 63.1 Å². The van der Waals surface area contributed by atoms with Crippen LogP contribution in [0.5, 0.6) is 0 Å². The van der Waals surface area contributed by atoms with E-state index in [4.69, 9.17) is 17.3 Å². The predicted octanol–water partition coefficient (Wildman–Crippen LogP) is 5.07. The Morgan fingerprint density at radius 1 is 1.20 bits per heavy atom. The number of thioether (sulfide) groups is 1. The van der Waals surface area contributed by atoms with E-state index in [9.17, 15) is 0 Å². The Balaban J connectivity index is 1.89. The lowest BCUT2D eigenvalue weighted by atomic mass is 10.1. The molecule has 0 saturated heterocycles. The van der Waals surface area contributed by atoms with E-state index in [0.717, 1.165) is 27.2 Å². The zero-order chi connectivity index (χ0) is 14.5. The van der Waals surface area contributed by atoms with Crippen molar-refractivity contribution in [2.45, 2.75) is 24.3 Å². The first-order chi connectivity index (χ1) is 9.54. The number of benzene rings is 2. The molecule has 0 radical (unpaired) electrons. The van der Waals surface area contributed by atoms with E-state index in [0.29, 0.717) is 0 Å². The molecular weight excluding hydrogens is 354 g/mol. The molecule has 4 heteroatoms. The van der Waals surface area contributed by atoms with Gasteiger partial charge in [0, 0.05) is 26.2 Å². The van der Waals surface area contributed by atoms with Crippen LogP contribution < -0.4 is 5.73 Å². The Labute approximate surface area is 138 Å². The molecule has 2 rings (SSSR count). The topological polar surface area (TPSA) is 26.0 Å². The molecule has 1 unspecified atom stereocenters. The summed E-state index contributed by atoms with van der Waals surface area (Å²) in [6, 6.07) is 14.6. The van der Waals surface area contributed by atoms with Gasteiger partial charge in [0.25, 0.3) is 0 Å². The summed E-state index contributed by atoms with van der Waals surface area (Å²) >= 11 is 11.4. The van der Waals surface area contributed by atoms with Gasteiger partial charge in [-0.3, -0.25) is 0 Å². The van der Waals surface area contributed by atoms with Gasteiger partial charge in [-0.2, -0.15) is 0 Å². The van der Waals surface area contributed by atoms with E-state index in [1.165, 1.54) is 10.5 Å². The number of hydrogen-bond donors (Lipinski definition) is 1. The zero-order valence-corrected chi connectivity index (χ0v) is 14.4. The molecular formula is C16H17BrClNS. The lowest BCUT2D eigenvalue weighted by molar-refractivity contribution is 0.749. The normalized spacial score (nSPS) is 12.4. The van der Waals surface area contributed by atoms with Crippen molar-refractivity contribution in [2.24, 2.45) is 5.73 Å². The first kappa shape index (κ1) is 15.9. The molecule has 0 fully saturated rings. The molecule has 0 aliphatic heterocycles. The summed E-state index contributed by atoms with van der Waals surface area (Å²) in [5.74, 6) is 0.884. The monoisotopic (exact) mass is 369 g/mol. The van der Waals surface area contributed by atoms with Crippen LogP contribution in [0.25, 0.3) is 0 Å². The fraction of sp³-hybridized carbons (Fsp3) is 0.250. The Morgan fingerprint density at radius 3 is 2.55 bits per heavy atom. The second-order valence-corrected chi connectivity index (χ2v) is 7.24. The second kappa shape index (κ2) is 7.51. The molecule has 0 amide bonds. The highest BCUT2D eigenvalue weighted by Gasteiger charge is 2.08. The molecule has 2 aromatic rings. The van der Waals surface area contributed by atoms with Crippen molar-refractivity contribution in [2.75, 3.05) is 5.75 Å². The molecule has 106 valence electrons. The summed E-state index contributed by atoms with van der Waals surface area (Å²) in [7, 11) is 0. The maximum absolute atomic E-state index is 6.22. The molecule has 20 heavy (non-hydrogen) atoms. The number of rotatable bonds is 5. The van der Waals surface area contributed by atoms with Crippen molar-refractivity contribution < 1.29 is 0 Å². The van der Waals surface area contributed by atoms with Gasteiger partial charge in [-0.05, 0) is 43.2 Å². The summed E-state index contributed by atoms with van der Waals surface area (Å²) in [5, 5.41) is 0.773. The highest BCUT2D eigenvalue weighted by molar-refractivity contribution is 9.10. The lowest BCUT2D eigenvalue weighted by Crippen LogP contribution is -2.25. The van der Waals surface area contributed by atoms with Gasteiger partial charge in [-0.25, -0.2) is 0 Å². The van der Waals surface area contributed by atoms with Gasteiger partial charge in [0.15, 0.2) is 0 Å². The van der Waals surface area contributed by atoms with Crippen molar-refractivity contribution in [3.8, 4) is 0 Å². The van der Waals surface area contributed by atoms with Gasteiger partial charge in [0.2, 0.25) is 0 Å². The average molecular weight is 371 g/mol. The Kier molecular flexibility index (Phi) is 5.97. The van der Waals surface area contributed by atoms with Gasteiger partial charge in [0.1, 0.15) is 0 Å². The van der Waals surface area contributed by atoms with E-state index in [1.807, 2.05) is 18.2 Å². The van der Waals surface area contributed by atoms with Crippen LogP contribution in [0.2, 0.25) is 5.02 Å². The minimum absolute atomic E-state index is 0.0972. The first-order valence-electron chi connectivity index (χ1n) is 6.43. The Bertz CT molecular complexity index is 571. The van der Waals surface area contributed by atoms with Gasteiger partial charge in [0.05, 0.1) is 0 Å². The molecule has 0 heterocycles. The van der Waals surface area contributed by atoms with Crippen molar-refractivity contribution >= 4 is 39.3 Å². The van der Waals surface area contributed by atoms with Gasteiger partial charge in [-0.15, -0.1) is 11.8 Å². The molecule has 2 N–H and O–H groups in total. The molecule has 2 aromatic carbocycles. The van der Waals surface area contributed by atoms with Crippen molar-refractivity contribution in [3.63, 3.8) is 0 Å².